The Morgan fingerprint density at radius 3 is 3.14 bits per heavy atom. The summed E-state index contributed by atoms with van der Waals surface area (Å²) in [6.45, 7) is 0.767. The smallest absolute Gasteiger partial charge is 0.158 e. The van der Waals surface area contributed by atoms with Crippen molar-refractivity contribution in [1.29, 1.82) is 0 Å². The zero-order valence-electron chi connectivity index (χ0n) is 7.63. The highest BCUT2D eigenvalue weighted by atomic mass is 32.1. The number of aromatic nitrogens is 3. The van der Waals surface area contributed by atoms with E-state index in [0.717, 1.165) is 13.0 Å². The van der Waals surface area contributed by atoms with Gasteiger partial charge >= 0.3 is 0 Å². The SMILES string of the molecule is OCc1nncn1CCc1ccsc1. The number of aliphatic hydroxyl groups is 1. The predicted octanol–water partition coefficient (Wildman–Crippen LogP) is 1.07. The van der Waals surface area contributed by atoms with E-state index in [9.17, 15) is 0 Å². The van der Waals surface area contributed by atoms with Gasteiger partial charge in [-0.25, -0.2) is 0 Å². The third-order valence-corrected chi connectivity index (χ3v) is 2.79. The molecule has 0 atom stereocenters. The minimum Gasteiger partial charge on any atom is -0.388 e. The van der Waals surface area contributed by atoms with Crippen molar-refractivity contribution in [3.63, 3.8) is 0 Å². The fraction of sp³-hybridized carbons (Fsp3) is 0.333. The van der Waals surface area contributed by atoms with Crippen LogP contribution in [0.15, 0.2) is 23.2 Å². The molecule has 0 aliphatic heterocycles. The molecule has 1 N–H and O–H groups in total. The molecule has 2 aromatic heterocycles. The number of nitrogens with zero attached hydrogens (tertiary/aromatic N) is 3. The number of thiophene rings is 1. The molecular weight excluding hydrogens is 198 g/mol. The fourth-order valence-corrected chi connectivity index (χ4v) is 1.98. The molecule has 2 heterocycles. The van der Waals surface area contributed by atoms with Gasteiger partial charge in [0.05, 0.1) is 0 Å². The van der Waals surface area contributed by atoms with Gasteiger partial charge in [0.2, 0.25) is 0 Å². The van der Waals surface area contributed by atoms with Gasteiger partial charge in [-0.15, -0.1) is 10.2 Å². The lowest BCUT2D eigenvalue weighted by Gasteiger charge is -2.02. The maximum atomic E-state index is 8.94. The molecule has 5 heteroatoms. The summed E-state index contributed by atoms with van der Waals surface area (Å²) < 4.78 is 1.87. The second-order valence-corrected chi connectivity index (χ2v) is 3.76. The van der Waals surface area contributed by atoms with Crippen LogP contribution in [0.5, 0.6) is 0 Å². The van der Waals surface area contributed by atoms with Crippen molar-refractivity contribution in [1.82, 2.24) is 14.8 Å². The van der Waals surface area contributed by atoms with E-state index in [-0.39, 0.29) is 6.61 Å². The van der Waals surface area contributed by atoms with Crippen LogP contribution < -0.4 is 0 Å². The third-order valence-electron chi connectivity index (χ3n) is 2.06. The second-order valence-electron chi connectivity index (χ2n) is 2.98. The van der Waals surface area contributed by atoms with Crippen LogP contribution in [-0.2, 0) is 19.6 Å². The first-order valence-corrected chi connectivity index (χ1v) is 5.33. The first-order chi connectivity index (χ1) is 6.90. The second kappa shape index (κ2) is 4.34. The van der Waals surface area contributed by atoms with Crippen molar-refractivity contribution in [3.8, 4) is 0 Å². The molecule has 0 saturated carbocycles. The lowest BCUT2D eigenvalue weighted by Crippen LogP contribution is -2.04. The topological polar surface area (TPSA) is 50.9 Å². The van der Waals surface area contributed by atoms with Crippen LogP contribution in [0.1, 0.15) is 11.4 Å². The average molecular weight is 209 g/mol. The Balaban J connectivity index is 1.98. The first-order valence-electron chi connectivity index (χ1n) is 4.39. The number of hydrogen-bond donors (Lipinski definition) is 1. The van der Waals surface area contributed by atoms with Gasteiger partial charge in [-0.05, 0) is 28.8 Å². The fourth-order valence-electron chi connectivity index (χ4n) is 1.27. The molecule has 0 spiro atoms. The van der Waals surface area contributed by atoms with E-state index in [4.69, 9.17) is 5.11 Å². The third kappa shape index (κ3) is 2.00. The Hall–Kier alpha value is -1.20. The van der Waals surface area contributed by atoms with E-state index in [0.29, 0.717) is 5.82 Å². The van der Waals surface area contributed by atoms with E-state index in [1.54, 1.807) is 17.7 Å². The monoisotopic (exact) mass is 209 g/mol. The minimum absolute atomic E-state index is 0.0519. The highest BCUT2D eigenvalue weighted by Gasteiger charge is 2.02. The van der Waals surface area contributed by atoms with Crippen LogP contribution >= 0.6 is 11.3 Å². The van der Waals surface area contributed by atoms with Crippen molar-refractivity contribution in [3.05, 3.63) is 34.5 Å². The van der Waals surface area contributed by atoms with Crippen molar-refractivity contribution >= 4 is 11.3 Å². The lowest BCUT2D eigenvalue weighted by molar-refractivity contribution is 0.264. The van der Waals surface area contributed by atoms with Gasteiger partial charge in [0.25, 0.3) is 0 Å². The quantitative estimate of drug-likeness (QED) is 0.819. The van der Waals surface area contributed by atoms with Crippen molar-refractivity contribution < 1.29 is 5.11 Å². The van der Waals surface area contributed by atoms with Crippen molar-refractivity contribution in [2.45, 2.75) is 19.6 Å². The van der Waals surface area contributed by atoms with Crippen LogP contribution in [0.25, 0.3) is 0 Å². The molecule has 0 unspecified atom stereocenters. The van der Waals surface area contributed by atoms with Gasteiger partial charge < -0.3 is 9.67 Å². The molecule has 0 aliphatic rings. The zero-order chi connectivity index (χ0) is 9.80. The van der Waals surface area contributed by atoms with Gasteiger partial charge in [-0.2, -0.15) is 11.3 Å². The molecule has 0 saturated heterocycles. The van der Waals surface area contributed by atoms with E-state index in [2.05, 4.69) is 27.0 Å². The molecule has 2 rings (SSSR count). The summed E-state index contributed by atoms with van der Waals surface area (Å²) in [6.07, 6.45) is 2.60. The highest BCUT2D eigenvalue weighted by molar-refractivity contribution is 7.07. The summed E-state index contributed by atoms with van der Waals surface area (Å²) in [6, 6.07) is 2.10. The zero-order valence-corrected chi connectivity index (χ0v) is 8.44. The lowest BCUT2D eigenvalue weighted by atomic mass is 10.2. The molecule has 0 amide bonds. The molecule has 0 fully saturated rings. The number of hydrogen-bond acceptors (Lipinski definition) is 4. The van der Waals surface area contributed by atoms with Crippen molar-refractivity contribution in [2.75, 3.05) is 0 Å². The summed E-state index contributed by atoms with van der Waals surface area (Å²) >= 11 is 1.70. The summed E-state index contributed by atoms with van der Waals surface area (Å²) in [7, 11) is 0. The van der Waals surface area contributed by atoms with E-state index in [1.165, 1.54) is 5.56 Å². The molecule has 0 radical (unpaired) electrons. The molecule has 0 aliphatic carbocycles. The Morgan fingerprint density at radius 1 is 1.50 bits per heavy atom. The number of aliphatic hydroxyl groups excluding tert-OH is 1. The summed E-state index contributed by atoms with van der Waals surface area (Å²) in [4.78, 5) is 0. The molecule has 74 valence electrons. The summed E-state index contributed by atoms with van der Waals surface area (Å²) in [5.41, 5.74) is 1.31. The summed E-state index contributed by atoms with van der Waals surface area (Å²) in [5.74, 6) is 0.625. The molecule has 14 heavy (non-hydrogen) atoms. The molecule has 4 nitrogen and oxygen atoms in total. The summed E-state index contributed by atoms with van der Waals surface area (Å²) in [5, 5.41) is 20.7. The van der Waals surface area contributed by atoms with E-state index >= 15 is 0 Å². The molecule has 2 aromatic rings. The standard InChI is InChI=1S/C9H11N3OS/c13-5-9-11-10-7-12(9)3-1-8-2-4-14-6-8/h2,4,6-7,13H,1,3,5H2. The van der Waals surface area contributed by atoms with E-state index < -0.39 is 0 Å². The molecule has 0 bridgehead atoms. The highest BCUT2D eigenvalue weighted by Crippen LogP contribution is 2.08. The van der Waals surface area contributed by atoms with Crippen LogP contribution in [0, 0.1) is 0 Å². The Morgan fingerprint density at radius 2 is 2.43 bits per heavy atom. The van der Waals surface area contributed by atoms with Crippen LogP contribution in [0.4, 0.5) is 0 Å². The van der Waals surface area contributed by atoms with E-state index in [1.807, 2.05) is 4.57 Å². The Bertz CT molecular complexity index is 382. The predicted molar refractivity (Wildman–Crippen MR) is 54.0 cm³/mol. The minimum atomic E-state index is -0.0519. The van der Waals surface area contributed by atoms with Crippen LogP contribution in [0.3, 0.4) is 0 Å². The maximum absolute atomic E-state index is 8.94. The van der Waals surface area contributed by atoms with Gasteiger partial charge in [-0.3, -0.25) is 0 Å². The van der Waals surface area contributed by atoms with Gasteiger partial charge in [0.15, 0.2) is 5.82 Å². The van der Waals surface area contributed by atoms with Gasteiger partial charge in [0, 0.05) is 6.54 Å². The number of aryl methyl sites for hydroxylation is 2. The molecular formula is C9H11N3OS. The van der Waals surface area contributed by atoms with Crippen LogP contribution in [0.2, 0.25) is 0 Å². The van der Waals surface area contributed by atoms with Crippen LogP contribution in [-0.4, -0.2) is 19.9 Å². The Labute approximate surface area is 85.8 Å². The first kappa shape index (κ1) is 9.36. The Kier molecular flexibility index (Phi) is 2.90. The normalized spacial score (nSPS) is 10.6. The molecule has 0 aromatic carbocycles. The maximum Gasteiger partial charge on any atom is 0.158 e. The number of rotatable bonds is 4. The largest absolute Gasteiger partial charge is 0.388 e. The van der Waals surface area contributed by atoms with Crippen molar-refractivity contribution in [2.24, 2.45) is 0 Å². The average Bonchev–Trinajstić information content (AvgIpc) is 2.85. The van der Waals surface area contributed by atoms with Gasteiger partial charge in [-0.1, -0.05) is 0 Å². The van der Waals surface area contributed by atoms with Gasteiger partial charge in [0.1, 0.15) is 12.9 Å².